The molecule has 1 aromatic carbocycles. The van der Waals surface area contributed by atoms with E-state index < -0.39 is 0 Å². The van der Waals surface area contributed by atoms with Crippen molar-refractivity contribution in [2.24, 2.45) is 0 Å². The van der Waals surface area contributed by atoms with Crippen molar-refractivity contribution in [3.8, 4) is 0 Å². The summed E-state index contributed by atoms with van der Waals surface area (Å²) < 4.78 is 4.65. The lowest BCUT2D eigenvalue weighted by atomic mass is 10.1. The summed E-state index contributed by atoms with van der Waals surface area (Å²) in [4.78, 5) is 25.0. The molecule has 102 valence electrons. The molecule has 1 aromatic rings. The summed E-state index contributed by atoms with van der Waals surface area (Å²) in [5.41, 5.74) is 1.62. The number of benzene rings is 1. The number of esters is 1. The van der Waals surface area contributed by atoms with Gasteiger partial charge in [-0.15, -0.1) is 0 Å². The number of hydrogen-bond donors (Lipinski definition) is 1. The summed E-state index contributed by atoms with van der Waals surface area (Å²) in [7, 11) is 1.37. The molecule has 1 atom stereocenters. The van der Waals surface area contributed by atoms with E-state index in [0.717, 1.165) is 12.1 Å². The smallest absolute Gasteiger partial charge is 0.337 e. The highest BCUT2D eigenvalue weighted by Gasteiger charge is 2.25. The topological polar surface area (TPSA) is 58.6 Å². The molecule has 1 saturated heterocycles. The Balaban J connectivity index is 2.03. The van der Waals surface area contributed by atoms with Gasteiger partial charge < -0.3 is 10.1 Å². The van der Waals surface area contributed by atoms with Crippen LogP contribution < -0.4 is 5.32 Å². The third kappa shape index (κ3) is 3.12. The highest BCUT2D eigenvalue weighted by molar-refractivity contribution is 5.89. The minimum absolute atomic E-state index is 0.0671. The molecule has 1 N–H and O–H groups in total. The Morgan fingerprint density at radius 3 is 2.74 bits per heavy atom. The van der Waals surface area contributed by atoms with Crippen LogP contribution in [0.3, 0.4) is 0 Å². The Morgan fingerprint density at radius 2 is 2.11 bits per heavy atom. The fraction of sp³-hybridized carbons (Fsp3) is 0.429. The summed E-state index contributed by atoms with van der Waals surface area (Å²) >= 11 is 0. The molecule has 5 heteroatoms. The third-order valence-corrected chi connectivity index (χ3v) is 3.39. The maximum absolute atomic E-state index is 11.6. The number of ether oxygens (including phenoxy) is 1. The summed E-state index contributed by atoms with van der Waals surface area (Å²) in [5, 5.41) is 2.84. The molecule has 5 nitrogen and oxygen atoms in total. The van der Waals surface area contributed by atoms with Crippen LogP contribution >= 0.6 is 0 Å². The Hall–Kier alpha value is -1.88. The molecule has 0 saturated carbocycles. The van der Waals surface area contributed by atoms with Gasteiger partial charge in [0.05, 0.1) is 18.7 Å². The molecule has 1 unspecified atom stereocenters. The van der Waals surface area contributed by atoms with Crippen molar-refractivity contribution in [2.45, 2.75) is 19.5 Å². The van der Waals surface area contributed by atoms with Crippen LogP contribution in [0.5, 0.6) is 0 Å². The third-order valence-electron chi connectivity index (χ3n) is 3.39. The summed E-state index contributed by atoms with van der Waals surface area (Å²) in [6.07, 6.45) is 0. The Labute approximate surface area is 112 Å². The first-order valence-corrected chi connectivity index (χ1v) is 6.31. The van der Waals surface area contributed by atoms with Crippen LogP contribution in [0.15, 0.2) is 24.3 Å². The van der Waals surface area contributed by atoms with E-state index in [1.54, 1.807) is 12.1 Å². The van der Waals surface area contributed by atoms with Crippen molar-refractivity contribution >= 4 is 11.9 Å². The lowest BCUT2D eigenvalue weighted by molar-refractivity contribution is -0.128. The fourth-order valence-electron chi connectivity index (χ4n) is 2.14. The predicted octanol–water partition coefficient (Wildman–Crippen LogP) is 0.793. The first kappa shape index (κ1) is 13.5. The molecule has 0 aromatic heterocycles. The highest BCUT2D eigenvalue weighted by atomic mass is 16.5. The van der Waals surface area contributed by atoms with Gasteiger partial charge in [-0.05, 0) is 24.6 Å². The molecule has 1 aliphatic heterocycles. The number of nitrogens with zero attached hydrogens (tertiary/aromatic N) is 1. The number of carbonyl (C=O) groups excluding carboxylic acids is 2. The number of nitrogens with one attached hydrogen (secondary N) is 1. The molecule has 19 heavy (non-hydrogen) atoms. The van der Waals surface area contributed by atoms with E-state index in [2.05, 4.69) is 15.0 Å². The number of hydrogen-bond acceptors (Lipinski definition) is 4. The van der Waals surface area contributed by atoms with Crippen LogP contribution in [0, 0.1) is 0 Å². The quantitative estimate of drug-likeness (QED) is 0.818. The van der Waals surface area contributed by atoms with Crippen LogP contribution in [0.1, 0.15) is 22.8 Å². The monoisotopic (exact) mass is 262 g/mol. The van der Waals surface area contributed by atoms with Gasteiger partial charge in [-0.3, -0.25) is 9.69 Å². The van der Waals surface area contributed by atoms with Crippen molar-refractivity contribution in [3.05, 3.63) is 35.4 Å². The zero-order chi connectivity index (χ0) is 13.8. The second-order valence-electron chi connectivity index (χ2n) is 4.63. The largest absolute Gasteiger partial charge is 0.465 e. The van der Waals surface area contributed by atoms with Crippen LogP contribution in [-0.4, -0.2) is 43.0 Å². The molecule has 1 heterocycles. The average Bonchev–Trinajstić information content (AvgIpc) is 2.44. The molecule has 2 rings (SSSR count). The van der Waals surface area contributed by atoms with Gasteiger partial charge in [0.1, 0.15) is 0 Å². The van der Waals surface area contributed by atoms with Crippen molar-refractivity contribution in [3.63, 3.8) is 0 Å². The van der Waals surface area contributed by atoms with Crippen LogP contribution in [0.4, 0.5) is 0 Å². The fourth-order valence-corrected chi connectivity index (χ4v) is 2.14. The number of piperazine rings is 1. The Bertz CT molecular complexity index is 470. The van der Waals surface area contributed by atoms with E-state index in [9.17, 15) is 9.59 Å². The minimum atomic E-state index is -0.336. The highest BCUT2D eigenvalue weighted by Crippen LogP contribution is 2.12. The molecule has 0 radical (unpaired) electrons. The zero-order valence-electron chi connectivity index (χ0n) is 11.2. The second kappa shape index (κ2) is 5.84. The first-order valence-electron chi connectivity index (χ1n) is 6.31. The molecular weight excluding hydrogens is 244 g/mol. The Kier molecular flexibility index (Phi) is 4.16. The van der Waals surface area contributed by atoms with Gasteiger partial charge in [0.25, 0.3) is 0 Å². The van der Waals surface area contributed by atoms with Crippen molar-refractivity contribution < 1.29 is 14.3 Å². The maximum atomic E-state index is 11.6. The normalized spacial score (nSPS) is 19.9. The van der Waals surface area contributed by atoms with Crippen LogP contribution in [0.25, 0.3) is 0 Å². The van der Waals surface area contributed by atoms with Gasteiger partial charge >= 0.3 is 5.97 Å². The van der Waals surface area contributed by atoms with Gasteiger partial charge in [0, 0.05) is 19.6 Å². The van der Waals surface area contributed by atoms with Gasteiger partial charge in [-0.2, -0.15) is 0 Å². The molecule has 1 aliphatic rings. The molecular formula is C14H18N2O3. The van der Waals surface area contributed by atoms with E-state index in [4.69, 9.17) is 0 Å². The Morgan fingerprint density at radius 1 is 1.42 bits per heavy atom. The second-order valence-corrected chi connectivity index (χ2v) is 4.63. The summed E-state index contributed by atoms with van der Waals surface area (Å²) in [5.74, 6) is -0.269. The van der Waals surface area contributed by atoms with E-state index in [1.807, 2.05) is 19.1 Å². The van der Waals surface area contributed by atoms with Gasteiger partial charge in [0.2, 0.25) is 5.91 Å². The number of methoxy groups -OCH3 is 1. The van der Waals surface area contributed by atoms with Crippen LogP contribution in [-0.2, 0) is 16.1 Å². The maximum Gasteiger partial charge on any atom is 0.337 e. The van der Waals surface area contributed by atoms with Gasteiger partial charge in [0.15, 0.2) is 0 Å². The van der Waals surface area contributed by atoms with E-state index in [1.165, 1.54) is 7.11 Å². The summed E-state index contributed by atoms with van der Waals surface area (Å²) in [6, 6.07) is 7.16. The molecule has 0 bridgehead atoms. The molecule has 1 fully saturated rings. The van der Waals surface area contributed by atoms with E-state index in [0.29, 0.717) is 18.7 Å². The number of carbonyl (C=O) groups is 2. The average molecular weight is 262 g/mol. The van der Waals surface area contributed by atoms with Crippen LogP contribution in [0.2, 0.25) is 0 Å². The van der Waals surface area contributed by atoms with Crippen molar-refractivity contribution in [1.82, 2.24) is 10.2 Å². The molecule has 0 aliphatic carbocycles. The van der Waals surface area contributed by atoms with Crippen molar-refractivity contribution in [1.29, 1.82) is 0 Å². The van der Waals surface area contributed by atoms with Gasteiger partial charge in [-0.1, -0.05) is 12.1 Å². The summed E-state index contributed by atoms with van der Waals surface area (Å²) in [6.45, 7) is 4.13. The minimum Gasteiger partial charge on any atom is -0.465 e. The number of amides is 1. The van der Waals surface area contributed by atoms with Gasteiger partial charge in [-0.25, -0.2) is 4.79 Å². The van der Waals surface area contributed by atoms with E-state index in [-0.39, 0.29) is 17.9 Å². The molecule has 0 spiro atoms. The SMILES string of the molecule is COC(=O)c1ccc(CN2CCNC(=O)C2C)cc1. The first-order chi connectivity index (χ1) is 9.11. The lowest BCUT2D eigenvalue weighted by Crippen LogP contribution is -2.53. The van der Waals surface area contributed by atoms with Crippen molar-refractivity contribution in [2.75, 3.05) is 20.2 Å². The molecule has 1 amide bonds. The zero-order valence-corrected chi connectivity index (χ0v) is 11.2. The standard InChI is InChI=1S/C14H18N2O3/c1-10-13(17)15-7-8-16(10)9-11-3-5-12(6-4-11)14(18)19-2/h3-6,10H,7-9H2,1-2H3,(H,15,17). The lowest BCUT2D eigenvalue weighted by Gasteiger charge is -2.32. The predicted molar refractivity (Wildman–Crippen MR) is 70.7 cm³/mol. The number of rotatable bonds is 3. The van der Waals surface area contributed by atoms with E-state index >= 15 is 0 Å².